The summed E-state index contributed by atoms with van der Waals surface area (Å²) in [7, 11) is -3.45. The van der Waals surface area contributed by atoms with E-state index in [-0.39, 0.29) is 11.6 Å². The minimum atomic E-state index is -3.45. The van der Waals surface area contributed by atoms with Crippen molar-refractivity contribution in [3.63, 3.8) is 0 Å². The highest BCUT2D eigenvalue weighted by molar-refractivity contribution is 7.90. The zero-order valence-corrected chi connectivity index (χ0v) is 7.91. The maximum atomic E-state index is 11.4. The van der Waals surface area contributed by atoms with E-state index in [4.69, 9.17) is 5.73 Å². The summed E-state index contributed by atoms with van der Waals surface area (Å²) in [6, 6.07) is 2.74. The van der Waals surface area contributed by atoms with Crippen LogP contribution in [-0.2, 0) is 16.5 Å². The summed E-state index contributed by atoms with van der Waals surface area (Å²) in [4.78, 5) is 11.1. The molecule has 0 aliphatic carbocycles. The first kappa shape index (κ1) is 9.94. The van der Waals surface area contributed by atoms with Gasteiger partial charge >= 0.3 is 0 Å². The smallest absolute Gasteiger partial charge is 0.270 e. The lowest BCUT2D eigenvalue weighted by Crippen LogP contribution is -2.27. The van der Waals surface area contributed by atoms with E-state index in [9.17, 15) is 13.2 Å². The van der Waals surface area contributed by atoms with Gasteiger partial charge in [-0.2, -0.15) is 0 Å². The zero-order chi connectivity index (χ0) is 10.1. The van der Waals surface area contributed by atoms with E-state index < -0.39 is 15.4 Å². The van der Waals surface area contributed by atoms with E-state index in [1.807, 2.05) is 0 Å². The molecule has 0 atom stereocenters. The normalized spacial score (nSPS) is 11.5. The highest BCUT2D eigenvalue weighted by atomic mass is 32.2. The molecule has 0 amide bonds. The average molecular weight is 202 g/mol. The summed E-state index contributed by atoms with van der Waals surface area (Å²) in [6.45, 7) is -0.0256. The molecule has 0 radical (unpaired) electrons. The van der Waals surface area contributed by atoms with Gasteiger partial charge in [0.15, 0.2) is 9.84 Å². The number of pyridine rings is 1. The van der Waals surface area contributed by atoms with Gasteiger partial charge in [-0.25, -0.2) is 8.42 Å². The largest absolute Gasteiger partial charge is 0.313 e. The second-order valence-corrected chi connectivity index (χ2v) is 4.59. The highest BCUT2D eigenvalue weighted by Gasteiger charge is 2.12. The van der Waals surface area contributed by atoms with E-state index in [2.05, 4.69) is 0 Å². The van der Waals surface area contributed by atoms with Gasteiger partial charge in [0.05, 0.1) is 6.67 Å². The quantitative estimate of drug-likeness (QED) is 0.678. The summed E-state index contributed by atoms with van der Waals surface area (Å²) in [6.07, 6.45) is 2.43. The molecule has 0 fully saturated rings. The van der Waals surface area contributed by atoms with Crippen molar-refractivity contribution in [2.45, 2.75) is 11.6 Å². The van der Waals surface area contributed by atoms with Crippen LogP contribution in [-0.4, -0.2) is 19.2 Å². The molecule has 72 valence electrons. The summed E-state index contributed by atoms with van der Waals surface area (Å²) in [5.74, 6) is 0. The van der Waals surface area contributed by atoms with Crippen molar-refractivity contribution >= 4 is 9.84 Å². The van der Waals surface area contributed by atoms with Crippen LogP contribution in [0.1, 0.15) is 0 Å². The Balaban J connectivity index is 3.51. The standard InChI is InChI=1S/C7H10N2O3S/c1-13(11,12)6-3-2-4-9(5-8)7(6)10/h2-4H,5,8H2,1H3. The van der Waals surface area contributed by atoms with Crippen molar-refractivity contribution in [3.05, 3.63) is 28.7 Å². The molecule has 5 nitrogen and oxygen atoms in total. The molecular formula is C7H10N2O3S. The summed E-state index contributed by atoms with van der Waals surface area (Å²) in [5, 5.41) is 0. The predicted molar refractivity (Wildman–Crippen MR) is 48.0 cm³/mol. The van der Waals surface area contributed by atoms with Crippen molar-refractivity contribution in [1.29, 1.82) is 0 Å². The van der Waals surface area contributed by atoms with E-state index in [0.717, 1.165) is 10.8 Å². The molecular weight excluding hydrogens is 192 g/mol. The Bertz CT molecular complexity index is 461. The van der Waals surface area contributed by atoms with E-state index >= 15 is 0 Å². The Labute approximate surface area is 75.7 Å². The number of nitrogens with zero attached hydrogens (tertiary/aromatic N) is 1. The molecule has 1 aromatic rings. The van der Waals surface area contributed by atoms with Gasteiger partial charge in [0.25, 0.3) is 5.56 Å². The fourth-order valence-electron chi connectivity index (χ4n) is 0.941. The minimum Gasteiger partial charge on any atom is -0.313 e. The fraction of sp³-hybridized carbons (Fsp3) is 0.286. The molecule has 0 unspecified atom stereocenters. The SMILES string of the molecule is CS(=O)(=O)c1cccn(CN)c1=O. The van der Waals surface area contributed by atoms with Gasteiger partial charge in [0, 0.05) is 12.5 Å². The molecule has 0 aliphatic rings. The van der Waals surface area contributed by atoms with Crippen molar-refractivity contribution in [2.75, 3.05) is 6.26 Å². The molecule has 0 saturated heterocycles. The van der Waals surface area contributed by atoms with Crippen molar-refractivity contribution < 1.29 is 8.42 Å². The lowest BCUT2D eigenvalue weighted by atomic mass is 10.5. The van der Waals surface area contributed by atoms with Gasteiger partial charge in [0.2, 0.25) is 0 Å². The second kappa shape index (κ2) is 3.31. The van der Waals surface area contributed by atoms with E-state index in [1.165, 1.54) is 18.3 Å². The summed E-state index contributed by atoms with van der Waals surface area (Å²) < 4.78 is 23.3. The van der Waals surface area contributed by atoms with Crippen molar-refractivity contribution in [3.8, 4) is 0 Å². The first-order valence-electron chi connectivity index (χ1n) is 3.56. The topological polar surface area (TPSA) is 82.2 Å². The molecule has 0 aromatic carbocycles. The average Bonchev–Trinajstić information content (AvgIpc) is 2.02. The third-order valence-electron chi connectivity index (χ3n) is 1.58. The van der Waals surface area contributed by atoms with Crippen LogP contribution in [0.4, 0.5) is 0 Å². The van der Waals surface area contributed by atoms with Crippen LogP contribution in [0.25, 0.3) is 0 Å². The Hall–Kier alpha value is -1.14. The van der Waals surface area contributed by atoms with Crippen LogP contribution < -0.4 is 11.3 Å². The molecule has 0 saturated carbocycles. The van der Waals surface area contributed by atoms with Crippen molar-refractivity contribution in [1.82, 2.24) is 4.57 Å². The van der Waals surface area contributed by atoms with Gasteiger partial charge in [-0.3, -0.25) is 4.79 Å². The fourth-order valence-corrected chi connectivity index (χ4v) is 1.70. The molecule has 1 rings (SSSR count). The molecule has 6 heteroatoms. The summed E-state index contributed by atoms with van der Waals surface area (Å²) >= 11 is 0. The lowest BCUT2D eigenvalue weighted by Gasteiger charge is -2.02. The van der Waals surface area contributed by atoms with Gasteiger partial charge < -0.3 is 10.3 Å². The number of rotatable bonds is 2. The molecule has 1 heterocycles. The predicted octanol–water partition coefficient (Wildman–Crippen LogP) is -0.832. The Morgan fingerprint density at radius 3 is 2.62 bits per heavy atom. The number of nitrogens with two attached hydrogens (primary N) is 1. The maximum absolute atomic E-state index is 11.4. The van der Waals surface area contributed by atoms with E-state index in [0.29, 0.717) is 0 Å². The molecule has 2 N–H and O–H groups in total. The zero-order valence-electron chi connectivity index (χ0n) is 7.10. The molecule has 1 aromatic heterocycles. The monoisotopic (exact) mass is 202 g/mol. The van der Waals surface area contributed by atoms with Crippen LogP contribution in [0.2, 0.25) is 0 Å². The molecule has 0 aliphatic heterocycles. The van der Waals surface area contributed by atoms with E-state index in [1.54, 1.807) is 0 Å². The van der Waals surface area contributed by atoms with Crippen molar-refractivity contribution in [2.24, 2.45) is 5.73 Å². The third kappa shape index (κ3) is 1.96. The first-order valence-corrected chi connectivity index (χ1v) is 5.45. The lowest BCUT2D eigenvalue weighted by molar-refractivity contribution is 0.596. The number of aromatic nitrogens is 1. The number of hydrogen-bond donors (Lipinski definition) is 1. The second-order valence-electron chi connectivity index (χ2n) is 2.60. The summed E-state index contributed by atoms with van der Waals surface area (Å²) in [5.41, 5.74) is 4.65. The Kier molecular flexibility index (Phi) is 2.53. The van der Waals surface area contributed by atoms with Crippen LogP contribution in [0, 0.1) is 0 Å². The maximum Gasteiger partial charge on any atom is 0.270 e. The highest BCUT2D eigenvalue weighted by Crippen LogP contribution is 2.00. The van der Waals surface area contributed by atoms with Crippen LogP contribution in [0.15, 0.2) is 28.0 Å². The third-order valence-corrected chi connectivity index (χ3v) is 2.69. The minimum absolute atomic E-state index is 0.0256. The molecule has 0 spiro atoms. The number of sulfone groups is 1. The van der Waals surface area contributed by atoms with Gasteiger partial charge in [-0.1, -0.05) is 0 Å². The van der Waals surface area contributed by atoms with Gasteiger partial charge in [-0.05, 0) is 12.1 Å². The van der Waals surface area contributed by atoms with Crippen LogP contribution in [0.5, 0.6) is 0 Å². The van der Waals surface area contributed by atoms with Crippen LogP contribution in [0.3, 0.4) is 0 Å². The molecule has 0 bridgehead atoms. The Morgan fingerprint density at radius 2 is 2.15 bits per heavy atom. The first-order chi connectivity index (χ1) is 5.96. The number of hydrogen-bond acceptors (Lipinski definition) is 4. The van der Waals surface area contributed by atoms with Gasteiger partial charge in [0.1, 0.15) is 4.90 Å². The Morgan fingerprint density at radius 1 is 1.54 bits per heavy atom. The molecule has 13 heavy (non-hydrogen) atoms. The van der Waals surface area contributed by atoms with Crippen LogP contribution >= 0.6 is 0 Å². The van der Waals surface area contributed by atoms with Gasteiger partial charge in [-0.15, -0.1) is 0 Å².